The second kappa shape index (κ2) is 7.32. The average molecular weight is 385 g/mol. The standard InChI is InChI=1S/C20H23N3O3S/c1-12-4-5-15(25-12)8-21-20(24)18-11-27-19-10-23(7-6-16(18)19)9-17-13(2)22-26-14(17)3/h4-5,11H,6-10H2,1-3H3,(H,21,24). The van der Waals surface area contributed by atoms with Gasteiger partial charge in [-0.15, -0.1) is 11.3 Å². The van der Waals surface area contributed by atoms with Gasteiger partial charge in [0.05, 0.1) is 17.8 Å². The number of fused-ring (bicyclic) bond motifs is 1. The molecule has 0 unspecified atom stereocenters. The first-order valence-electron chi connectivity index (χ1n) is 9.08. The Balaban J connectivity index is 1.41. The Kier molecular flexibility index (Phi) is 4.88. The van der Waals surface area contributed by atoms with Crippen LogP contribution in [-0.4, -0.2) is 22.5 Å². The minimum atomic E-state index is -0.0271. The van der Waals surface area contributed by atoms with E-state index in [4.69, 9.17) is 8.94 Å². The lowest BCUT2D eigenvalue weighted by atomic mass is 10.0. The molecule has 0 bridgehead atoms. The Morgan fingerprint density at radius 1 is 1.33 bits per heavy atom. The predicted molar refractivity (Wildman–Crippen MR) is 103 cm³/mol. The van der Waals surface area contributed by atoms with E-state index in [1.165, 1.54) is 16.0 Å². The summed E-state index contributed by atoms with van der Waals surface area (Å²) >= 11 is 1.67. The van der Waals surface area contributed by atoms with Crippen LogP contribution in [0.25, 0.3) is 0 Å². The van der Waals surface area contributed by atoms with E-state index in [-0.39, 0.29) is 5.91 Å². The van der Waals surface area contributed by atoms with Crippen molar-refractivity contribution >= 4 is 17.2 Å². The highest BCUT2D eigenvalue weighted by atomic mass is 32.1. The SMILES string of the molecule is Cc1ccc(CNC(=O)c2csc3c2CCN(Cc2c(C)noc2C)C3)o1. The number of nitrogens with zero attached hydrogens (tertiary/aromatic N) is 2. The Bertz CT molecular complexity index is 950. The number of furan rings is 1. The van der Waals surface area contributed by atoms with Gasteiger partial charge in [-0.2, -0.15) is 0 Å². The van der Waals surface area contributed by atoms with Gasteiger partial charge in [-0.3, -0.25) is 9.69 Å². The third-order valence-electron chi connectivity index (χ3n) is 5.05. The van der Waals surface area contributed by atoms with Gasteiger partial charge in [0, 0.05) is 35.5 Å². The van der Waals surface area contributed by atoms with Gasteiger partial charge in [0.1, 0.15) is 17.3 Å². The summed E-state index contributed by atoms with van der Waals surface area (Å²) in [5.74, 6) is 2.49. The first-order valence-corrected chi connectivity index (χ1v) is 9.96. The highest BCUT2D eigenvalue weighted by Gasteiger charge is 2.25. The minimum Gasteiger partial charge on any atom is -0.465 e. The van der Waals surface area contributed by atoms with Crippen LogP contribution in [0.2, 0.25) is 0 Å². The molecular formula is C20H23N3O3S. The van der Waals surface area contributed by atoms with E-state index >= 15 is 0 Å². The molecule has 6 nitrogen and oxygen atoms in total. The van der Waals surface area contributed by atoms with E-state index in [1.807, 2.05) is 38.3 Å². The predicted octanol–water partition coefficient (Wildman–Crippen LogP) is 3.74. The average Bonchev–Trinajstić information content (AvgIpc) is 3.34. The fourth-order valence-electron chi connectivity index (χ4n) is 3.50. The van der Waals surface area contributed by atoms with Crippen LogP contribution in [0.1, 0.15) is 49.3 Å². The molecule has 0 aliphatic carbocycles. The summed E-state index contributed by atoms with van der Waals surface area (Å²) in [5.41, 5.74) is 4.11. The van der Waals surface area contributed by atoms with Crippen LogP contribution in [0.4, 0.5) is 0 Å². The Morgan fingerprint density at radius 2 is 2.19 bits per heavy atom. The second-order valence-electron chi connectivity index (χ2n) is 7.01. The molecule has 0 spiro atoms. The highest BCUT2D eigenvalue weighted by molar-refractivity contribution is 7.10. The van der Waals surface area contributed by atoms with Gasteiger partial charge >= 0.3 is 0 Å². The van der Waals surface area contributed by atoms with Gasteiger partial charge in [0.15, 0.2) is 0 Å². The third kappa shape index (κ3) is 3.70. The summed E-state index contributed by atoms with van der Waals surface area (Å²) in [4.78, 5) is 16.3. The van der Waals surface area contributed by atoms with Crippen molar-refractivity contribution in [2.45, 2.75) is 46.8 Å². The van der Waals surface area contributed by atoms with E-state index in [0.29, 0.717) is 6.54 Å². The molecule has 1 aliphatic heterocycles. The van der Waals surface area contributed by atoms with Crippen LogP contribution in [0.3, 0.4) is 0 Å². The Morgan fingerprint density at radius 3 is 2.89 bits per heavy atom. The molecule has 7 heteroatoms. The molecule has 0 radical (unpaired) electrons. The van der Waals surface area contributed by atoms with Gasteiger partial charge in [0.25, 0.3) is 5.91 Å². The van der Waals surface area contributed by atoms with Gasteiger partial charge < -0.3 is 14.3 Å². The van der Waals surface area contributed by atoms with Crippen molar-refractivity contribution in [3.63, 3.8) is 0 Å². The molecule has 0 atom stereocenters. The lowest BCUT2D eigenvalue weighted by Gasteiger charge is -2.27. The van der Waals surface area contributed by atoms with Crippen LogP contribution in [0.15, 0.2) is 26.5 Å². The van der Waals surface area contributed by atoms with E-state index in [9.17, 15) is 4.79 Å². The fraction of sp³-hybridized carbons (Fsp3) is 0.400. The highest BCUT2D eigenvalue weighted by Crippen LogP contribution is 2.30. The Hall–Kier alpha value is -2.38. The number of thiophene rings is 1. The maximum Gasteiger partial charge on any atom is 0.252 e. The molecule has 0 fully saturated rings. The topological polar surface area (TPSA) is 71.5 Å². The minimum absolute atomic E-state index is 0.0271. The van der Waals surface area contributed by atoms with Crippen molar-refractivity contribution in [2.75, 3.05) is 6.54 Å². The molecule has 1 N–H and O–H groups in total. The van der Waals surface area contributed by atoms with Crippen molar-refractivity contribution in [3.8, 4) is 0 Å². The van der Waals surface area contributed by atoms with Crippen molar-refractivity contribution in [2.24, 2.45) is 0 Å². The molecule has 0 saturated carbocycles. The van der Waals surface area contributed by atoms with Gasteiger partial charge in [-0.1, -0.05) is 5.16 Å². The molecule has 1 aliphatic rings. The molecular weight excluding hydrogens is 362 g/mol. The summed E-state index contributed by atoms with van der Waals surface area (Å²) in [5, 5.41) is 8.99. The van der Waals surface area contributed by atoms with Gasteiger partial charge in [-0.05, 0) is 44.9 Å². The number of carbonyl (C=O) groups is 1. The van der Waals surface area contributed by atoms with Crippen molar-refractivity contribution < 1.29 is 13.7 Å². The number of nitrogens with one attached hydrogen (secondary N) is 1. The number of hydrogen-bond acceptors (Lipinski definition) is 6. The molecule has 142 valence electrons. The van der Waals surface area contributed by atoms with Crippen LogP contribution in [-0.2, 0) is 26.1 Å². The summed E-state index contributed by atoms with van der Waals surface area (Å²) in [6, 6.07) is 3.80. The zero-order valence-electron chi connectivity index (χ0n) is 15.8. The van der Waals surface area contributed by atoms with Crippen LogP contribution in [0.5, 0.6) is 0 Å². The van der Waals surface area contributed by atoms with Crippen molar-refractivity contribution in [3.05, 3.63) is 62.1 Å². The van der Waals surface area contributed by atoms with Crippen molar-refractivity contribution in [1.29, 1.82) is 0 Å². The zero-order valence-corrected chi connectivity index (χ0v) is 16.6. The number of hydrogen-bond donors (Lipinski definition) is 1. The maximum atomic E-state index is 12.6. The largest absolute Gasteiger partial charge is 0.465 e. The van der Waals surface area contributed by atoms with E-state index in [1.54, 1.807) is 11.3 Å². The number of aromatic nitrogens is 1. The lowest BCUT2D eigenvalue weighted by molar-refractivity contribution is 0.0946. The number of amides is 1. The normalized spacial score (nSPS) is 14.3. The number of rotatable bonds is 5. The van der Waals surface area contributed by atoms with Crippen molar-refractivity contribution in [1.82, 2.24) is 15.4 Å². The number of aryl methyl sites for hydroxylation is 3. The quantitative estimate of drug-likeness (QED) is 0.724. The Labute approximate surface area is 162 Å². The fourth-order valence-corrected chi connectivity index (χ4v) is 4.62. The monoisotopic (exact) mass is 385 g/mol. The summed E-state index contributed by atoms with van der Waals surface area (Å²) < 4.78 is 10.8. The van der Waals surface area contributed by atoms with Gasteiger partial charge in [0.2, 0.25) is 0 Å². The molecule has 4 heterocycles. The molecule has 1 amide bonds. The van der Waals surface area contributed by atoms with Crippen LogP contribution in [0, 0.1) is 20.8 Å². The molecule has 3 aromatic heterocycles. The lowest BCUT2D eigenvalue weighted by Crippen LogP contribution is -2.31. The first kappa shape index (κ1) is 18.0. The van der Waals surface area contributed by atoms with Gasteiger partial charge in [-0.25, -0.2) is 0 Å². The second-order valence-corrected chi connectivity index (χ2v) is 7.97. The van der Waals surface area contributed by atoms with Crippen LogP contribution >= 0.6 is 11.3 Å². The molecule has 27 heavy (non-hydrogen) atoms. The zero-order chi connectivity index (χ0) is 19.0. The third-order valence-corrected chi connectivity index (χ3v) is 6.07. The van der Waals surface area contributed by atoms with E-state index < -0.39 is 0 Å². The van der Waals surface area contributed by atoms with E-state index in [0.717, 1.165) is 54.6 Å². The van der Waals surface area contributed by atoms with E-state index in [2.05, 4.69) is 15.4 Å². The number of carbonyl (C=O) groups excluding carboxylic acids is 1. The molecule has 0 saturated heterocycles. The molecule has 3 aromatic rings. The summed E-state index contributed by atoms with van der Waals surface area (Å²) in [6.07, 6.45) is 0.880. The smallest absolute Gasteiger partial charge is 0.252 e. The molecule has 0 aromatic carbocycles. The van der Waals surface area contributed by atoms with Crippen LogP contribution < -0.4 is 5.32 Å². The first-order chi connectivity index (χ1) is 13.0. The maximum absolute atomic E-state index is 12.6. The molecule has 4 rings (SSSR count). The summed E-state index contributed by atoms with van der Waals surface area (Å²) in [7, 11) is 0. The summed E-state index contributed by atoms with van der Waals surface area (Å²) in [6.45, 7) is 8.86.